The second-order valence-corrected chi connectivity index (χ2v) is 7.48. The third-order valence-electron chi connectivity index (χ3n) is 6.11. The molecule has 0 aromatic carbocycles. The molecule has 0 aromatic heterocycles. The third-order valence-corrected chi connectivity index (χ3v) is 6.11. The van der Waals surface area contributed by atoms with Crippen LogP contribution < -0.4 is 0 Å². The zero-order chi connectivity index (χ0) is 13.6. The van der Waals surface area contributed by atoms with E-state index in [0.717, 1.165) is 11.8 Å². The predicted octanol–water partition coefficient (Wildman–Crippen LogP) is 5.67. The smallest absolute Gasteiger partial charge is 0.0102 e. The summed E-state index contributed by atoms with van der Waals surface area (Å²) in [4.78, 5) is 0. The zero-order valence-electron chi connectivity index (χ0n) is 12.8. The van der Waals surface area contributed by atoms with Gasteiger partial charge in [-0.05, 0) is 67.3 Å². The molecule has 0 aromatic rings. The fourth-order valence-electron chi connectivity index (χ4n) is 4.85. The van der Waals surface area contributed by atoms with Crippen molar-refractivity contribution in [3.63, 3.8) is 0 Å². The van der Waals surface area contributed by atoms with Crippen LogP contribution in [0.3, 0.4) is 0 Å². The molecule has 3 atom stereocenters. The first kappa shape index (κ1) is 13.2. The molecule has 0 aliphatic heterocycles. The van der Waals surface area contributed by atoms with Crippen LogP contribution in [0, 0.1) is 23.2 Å². The van der Waals surface area contributed by atoms with Crippen LogP contribution in [-0.2, 0) is 0 Å². The minimum atomic E-state index is 0.498. The van der Waals surface area contributed by atoms with Crippen LogP contribution in [0.4, 0.5) is 0 Å². The van der Waals surface area contributed by atoms with Gasteiger partial charge in [0.2, 0.25) is 0 Å². The largest absolute Gasteiger partial charge is 0.0995 e. The van der Waals surface area contributed by atoms with Crippen LogP contribution in [0.15, 0.2) is 35.5 Å². The highest BCUT2D eigenvalue weighted by molar-refractivity contribution is 5.36. The molecule has 3 rings (SSSR count). The summed E-state index contributed by atoms with van der Waals surface area (Å²) in [7, 11) is 0. The first-order chi connectivity index (χ1) is 9.02. The monoisotopic (exact) mass is 256 g/mol. The Labute approximate surface area is 118 Å². The summed E-state index contributed by atoms with van der Waals surface area (Å²) in [6.07, 6.45) is 13.0. The van der Waals surface area contributed by atoms with Crippen LogP contribution in [0.2, 0.25) is 0 Å². The van der Waals surface area contributed by atoms with Crippen molar-refractivity contribution in [2.24, 2.45) is 23.2 Å². The Kier molecular flexibility index (Phi) is 3.23. The van der Waals surface area contributed by atoms with Crippen LogP contribution >= 0.6 is 0 Å². The second kappa shape index (κ2) is 4.65. The molecular weight excluding hydrogens is 228 g/mol. The minimum Gasteiger partial charge on any atom is -0.0995 e. The second-order valence-electron chi connectivity index (χ2n) is 7.48. The third kappa shape index (κ3) is 2.04. The van der Waals surface area contributed by atoms with Gasteiger partial charge >= 0.3 is 0 Å². The SMILES string of the molecule is C=C1CCCC2(C)C1CC=C1C=C(C(C)C)CCC12. The van der Waals surface area contributed by atoms with Crippen molar-refractivity contribution in [2.75, 3.05) is 0 Å². The summed E-state index contributed by atoms with van der Waals surface area (Å²) in [5.41, 5.74) is 5.35. The maximum Gasteiger partial charge on any atom is -0.0102 e. The van der Waals surface area contributed by atoms with Crippen molar-refractivity contribution in [3.05, 3.63) is 35.5 Å². The highest BCUT2D eigenvalue weighted by atomic mass is 14.5. The van der Waals surface area contributed by atoms with Crippen LogP contribution in [-0.4, -0.2) is 0 Å². The summed E-state index contributed by atoms with van der Waals surface area (Å²) in [6.45, 7) is 11.6. The van der Waals surface area contributed by atoms with Gasteiger partial charge in [0.15, 0.2) is 0 Å². The Morgan fingerprint density at radius 2 is 2.05 bits per heavy atom. The van der Waals surface area contributed by atoms with Gasteiger partial charge in [-0.15, -0.1) is 0 Å². The van der Waals surface area contributed by atoms with E-state index in [2.05, 4.69) is 39.5 Å². The highest BCUT2D eigenvalue weighted by Crippen LogP contribution is 2.57. The molecule has 0 heteroatoms. The molecule has 0 heterocycles. The van der Waals surface area contributed by atoms with Gasteiger partial charge in [-0.3, -0.25) is 0 Å². The van der Waals surface area contributed by atoms with Crippen molar-refractivity contribution < 1.29 is 0 Å². The van der Waals surface area contributed by atoms with Gasteiger partial charge in [0.25, 0.3) is 0 Å². The average Bonchev–Trinajstić information content (AvgIpc) is 2.38. The maximum absolute atomic E-state index is 4.38. The molecule has 0 amide bonds. The molecule has 0 radical (unpaired) electrons. The Bertz CT molecular complexity index is 449. The molecule has 104 valence electrons. The summed E-state index contributed by atoms with van der Waals surface area (Å²) < 4.78 is 0. The van der Waals surface area contributed by atoms with Crippen molar-refractivity contribution in [1.82, 2.24) is 0 Å². The molecule has 0 N–H and O–H groups in total. The number of allylic oxidation sites excluding steroid dienone is 5. The Hall–Kier alpha value is -0.780. The van der Waals surface area contributed by atoms with Gasteiger partial charge < -0.3 is 0 Å². The fourth-order valence-corrected chi connectivity index (χ4v) is 4.85. The van der Waals surface area contributed by atoms with Crippen molar-refractivity contribution in [3.8, 4) is 0 Å². The van der Waals surface area contributed by atoms with Crippen LogP contribution in [0.25, 0.3) is 0 Å². The van der Waals surface area contributed by atoms with E-state index in [4.69, 9.17) is 0 Å². The summed E-state index contributed by atoms with van der Waals surface area (Å²) in [5, 5.41) is 0. The molecule has 1 fully saturated rings. The van der Waals surface area contributed by atoms with E-state index < -0.39 is 0 Å². The number of rotatable bonds is 1. The Balaban J connectivity index is 1.96. The molecule has 3 aliphatic rings. The van der Waals surface area contributed by atoms with E-state index in [1.54, 1.807) is 11.1 Å². The van der Waals surface area contributed by atoms with Crippen molar-refractivity contribution >= 4 is 0 Å². The molecule has 0 nitrogen and oxygen atoms in total. The number of hydrogen-bond donors (Lipinski definition) is 0. The molecule has 0 bridgehead atoms. The van der Waals surface area contributed by atoms with E-state index in [-0.39, 0.29) is 0 Å². The molecule has 0 spiro atoms. The van der Waals surface area contributed by atoms with Gasteiger partial charge in [-0.25, -0.2) is 0 Å². The molecular formula is C19H28. The number of fused-ring (bicyclic) bond motifs is 3. The lowest BCUT2D eigenvalue weighted by molar-refractivity contribution is 0.0821. The predicted molar refractivity (Wildman–Crippen MR) is 82.9 cm³/mol. The lowest BCUT2D eigenvalue weighted by Gasteiger charge is -2.52. The van der Waals surface area contributed by atoms with Crippen molar-refractivity contribution in [1.29, 1.82) is 0 Å². The van der Waals surface area contributed by atoms with E-state index in [1.807, 2.05) is 0 Å². The first-order valence-electron chi connectivity index (χ1n) is 8.10. The summed E-state index contributed by atoms with van der Waals surface area (Å²) in [5.74, 6) is 2.27. The topological polar surface area (TPSA) is 0 Å². The molecule has 3 aliphatic carbocycles. The van der Waals surface area contributed by atoms with Gasteiger partial charge in [0.1, 0.15) is 0 Å². The normalized spacial score (nSPS) is 38.4. The Morgan fingerprint density at radius 3 is 2.79 bits per heavy atom. The van der Waals surface area contributed by atoms with Gasteiger partial charge in [0.05, 0.1) is 0 Å². The van der Waals surface area contributed by atoms with E-state index >= 15 is 0 Å². The van der Waals surface area contributed by atoms with E-state index in [0.29, 0.717) is 11.3 Å². The molecule has 19 heavy (non-hydrogen) atoms. The van der Waals surface area contributed by atoms with E-state index in [1.165, 1.54) is 44.1 Å². The van der Waals surface area contributed by atoms with Gasteiger partial charge in [0, 0.05) is 0 Å². The lowest BCUT2D eigenvalue weighted by Crippen LogP contribution is -2.42. The van der Waals surface area contributed by atoms with Crippen LogP contribution in [0.1, 0.15) is 59.3 Å². The quantitative estimate of drug-likeness (QED) is 0.530. The first-order valence-corrected chi connectivity index (χ1v) is 8.10. The van der Waals surface area contributed by atoms with Crippen molar-refractivity contribution in [2.45, 2.75) is 59.3 Å². The molecule has 1 saturated carbocycles. The van der Waals surface area contributed by atoms with Crippen LogP contribution in [0.5, 0.6) is 0 Å². The minimum absolute atomic E-state index is 0.498. The summed E-state index contributed by atoms with van der Waals surface area (Å²) in [6, 6.07) is 0. The standard InChI is InChI=1S/C19H28/c1-13(2)15-7-10-18-16(12-15)8-9-17-14(3)6-5-11-19(17,18)4/h8,12-13,17-18H,3,5-7,9-11H2,1-2,4H3. The lowest BCUT2D eigenvalue weighted by atomic mass is 9.52. The fraction of sp³-hybridized carbons (Fsp3) is 0.684. The molecule has 0 saturated heterocycles. The highest BCUT2D eigenvalue weighted by Gasteiger charge is 2.47. The Morgan fingerprint density at radius 1 is 1.26 bits per heavy atom. The number of hydrogen-bond acceptors (Lipinski definition) is 0. The maximum atomic E-state index is 4.38. The van der Waals surface area contributed by atoms with Gasteiger partial charge in [-0.2, -0.15) is 0 Å². The van der Waals surface area contributed by atoms with Gasteiger partial charge in [-0.1, -0.05) is 50.6 Å². The average molecular weight is 256 g/mol. The summed E-state index contributed by atoms with van der Waals surface area (Å²) >= 11 is 0. The zero-order valence-corrected chi connectivity index (χ0v) is 12.8. The molecule has 3 unspecified atom stereocenters. The van der Waals surface area contributed by atoms with E-state index in [9.17, 15) is 0 Å².